The molecule has 3 aliphatic heterocycles. The van der Waals surface area contributed by atoms with E-state index in [1.807, 2.05) is 12.1 Å². The summed E-state index contributed by atoms with van der Waals surface area (Å²) >= 11 is 0. The summed E-state index contributed by atoms with van der Waals surface area (Å²) in [6, 6.07) is 7.05. The zero-order valence-electron chi connectivity index (χ0n) is 17.3. The van der Waals surface area contributed by atoms with Crippen molar-refractivity contribution in [1.82, 2.24) is 9.21 Å². The minimum absolute atomic E-state index is 0.153. The summed E-state index contributed by atoms with van der Waals surface area (Å²) in [5, 5.41) is 8.85. The van der Waals surface area contributed by atoms with E-state index < -0.39 is 41.4 Å². The average molecular weight is 481 g/mol. The molecule has 1 amide bonds. The van der Waals surface area contributed by atoms with Crippen molar-refractivity contribution in [3.63, 3.8) is 0 Å². The van der Waals surface area contributed by atoms with Crippen LogP contribution in [0.3, 0.4) is 0 Å². The fourth-order valence-corrected chi connectivity index (χ4v) is 6.64. The third-order valence-corrected chi connectivity index (χ3v) is 8.62. The number of ether oxygens (including phenoxy) is 2. The summed E-state index contributed by atoms with van der Waals surface area (Å²) < 4.78 is 72.3. The van der Waals surface area contributed by atoms with Gasteiger partial charge < -0.3 is 19.5 Å². The van der Waals surface area contributed by atoms with E-state index in [2.05, 4.69) is 4.74 Å². The molecule has 3 heterocycles. The van der Waals surface area contributed by atoms with E-state index in [1.165, 1.54) is 4.90 Å². The molecule has 0 radical (unpaired) electrons. The number of likely N-dealkylation sites (tertiary alicyclic amines) is 1. The van der Waals surface area contributed by atoms with Crippen molar-refractivity contribution in [2.45, 2.75) is 54.5 Å². The second-order valence-corrected chi connectivity index (χ2v) is 10.4. The van der Waals surface area contributed by atoms with Crippen LogP contribution in [0.5, 0.6) is 0 Å². The molecule has 0 aliphatic carbocycles. The molecule has 2 unspecified atom stereocenters. The number of hydrogen-bond acceptors (Lipinski definition) is 7. The number of piperidine rings is 1. The first kappa shape index (κ1) is 23.6. The van der Waals surface area contributed by atoms with Gasteiger partial charge in [0.2, 0.25) is 6.10 Å². The highest BCUT2D eigenvalue weighted by Crippen LogP contribution is 2.58. The lowest BCUT2D eigenvalue weighted by Crippen LogP contribution is -2.49. The molecule has 2 atom stereocenters. The third-order valence-electron chi connectivity index (χ3n) is 6.50. The first-order valence-electron chi connectivity index (χ1n) is 10.5. The molecule has 8 nitrogen and oxygen atoms in total. The van der Waals surface area contributed by atoms with Crippen molar-refractivity contribution >= 4 is 16.9 Å². The van der Waals surface area contributed by atoms with Crippen molar-refractivity contribution in [2.75, 3.05) is 32.8 Å². The van der Waals surface area contributed by atoms with Crippen LogP contribution in [0.4, 0.5) is 18.0 Å². The minimum Gasteiger partial charge on any atom is -0.434 e. The molecular formula is C20H27F3N2O6S. The quantitative estimate of drug-likeness (QED) is 0.610. The highest BCUT2D eigenvalue weighted by atomic mass is 32.3. The van der Waals surface area contributed by atoms with Crippen LogP contribution in [0.25, 0.3) is 0 Å². The SMILES string of the molecule is O=C(OC(CO)C(F)(F)F)N1CCC2(CC1)CC(N1CCc3ccccc3S1(O)O)CO2. The summed E-state index contributed by atoms with van der Waals surface area (Å²) in [6.07, 6.45) is -6.47. The first-order chi connectivity index (χ1) is 15.1. The lowest BCUT2D eigenvalue weighted by atomic mass is 9.87. The highest BCUT2D eigenvalue weighted by molar-refractivity contribution is 8.22. The maximum atomic E-state index is 12.7. The third kappa shape index (κ3) is 4.44. The average Bonchev–Trinajstić information content (AvgIpc) is 3.14. The summed E-state index contributed by atoms with van der Waals surface area (Å²) in [6.45, 7) is -0.227. The number of nitrogens with zero attached hydrogens (tertiary/aromatic N) is 2. The number of hydrogen-bond donors (Lipinski definition) is 3. The second kappa shape index (κ2) is 8.65. The molecule has 32 heavy (non-hydrogen) atoms. The van der Waals surface area contributed by atoms with Crippen LogP contribution in [-0.4, -0.2) is 86.3 Å². The number of amides is 1. The van der Waals surface area contributed by atoms with Gasteiger partial charge in [0, 0.05) is 19.6 Å². The fraction of sp³-hybridized carbons (Fsp3) is 0.650. The maximum Gasteiger partial charge on any atom is 0.427 e. The number of carbonyl (C=O) groups is 1. The Balaban J connectivity index is 1.36. The Morgan fingerprint density at radius 1 is 1.25 bits per heavy atom. The van der Waals surface area contributed by atoms with Gasteiger partial charge in [-0.3, -0.25) is 9.11 Å². The predicted molar refractivity (Wildman–Crippen MR) is 109 cm³/mol. The van der Waals surface area contributed by atoms with Crippen LogP contribution in [-0.2, 0) is 15.9 Å². The Kier molecular flexibility index (Phi) is 6.38. The fourth-order valence-electron chi connectivity index (χ4n) is 4.71. The largest absolute Gasteiger partial charge is 0.434 e. The molecule has 1 spiro atoms. The first-order valence-corrected chi connectivity index (χ1v) is 12.0. The molecule has 2 saturated heterocycles. The minimum atomic E-state index is -4.83. The molecule has 2 fully saturated rings. The molecule has 12 heteroatoms. The normalized spacial score (nSPS) is 27.1. The summed E-state index contributed by atoms with van der Waals surface area (Å²) in [4.78, 5) is 13.8. The van der Waals surface area contributed by atoms with E-state index in [1.54, 1.807) is 16.4 Å². The number of halogens is 3. The molecule has 0 saturated carbocycles. The standard InChI is InChI=1S/C20H27F3N2O6S/c21-20(22,23)17(12-26)31-18(27)24-9-6-19(7-10-24)11-15(13-30-19)25-8-5-14-3-1-2-4-16(14)32(25,28)29/h1-4,15,17,26,28-29H,5-13H2. The lowest BCUT2D eigenvalue weighted by Gasteiger charge is -2.49. The Bertz CT molecular complexity index is 847. The maximum absolute atomic E-state index is 12.7. The van der Waals surface area contributed by atoms with E-state index >= 15 is 0 Å². The molecule has 1 aromatic rings. The number of carbonyl (C=O) groups excluding carboxylic acids is 1. The van der Waals surface area contributed by atoms with Gasteiger partial charge in [-0.2, -0.15) is 17.5 Å². The van der Waals surface area contributed by atoms with Gasteiger partial charge in [0.15, 0.2) is 0 Å². The van der Waals surface area contributed by atoms with Gasteiger partial charge in [0.05, 0.1) is 29.8 Å². The van der Waals surface area contributed by atoms with Crippen molar-refractivity contribution in [3.8, 4) is 0 Å². The zero-order chi connectivity index (χ0) is 23.1. The topological polar surface area (TPSA) is 103 Å². The van der Waals surface area contributed by atoms with Crippen molar-refractivity contribution in [3.05, 3.63) is 29.8 Å². The summed E-state index contributed by atoms with van der Waals surface area (Å²) in [5.74, 6) is 0. The van der Waals surface area contributed by atoms with Crippen molar-refractivity contribution in [1.29, 1.82) is 0 Å². The monoisotopic (exact) mass is 480 g/mol. The summed E-state index contributed by atoms with van der Waals surface area (Å²) in [7, 11) is -3.14. The van der Waals surface area contributed by atoms with Crippen molar-refractivity contribution < 1.29 is 41.7 Å². The Labute approximate surface area is 185 Å². The Morgan fingerprint density at radius 3 is 2.59 bits per heavy atom. The molecular weight excluding hydrogens is 453 g/mol. The number of aliphatic hydroxyl groups is 1. The van der Waals surface area contributed by atoms with E-state index in [4.69, 9.17) is 9.84 Å². The van der Waals surface area contributed by atoms with E-state index in [9.17, 15) is 27.1 Å². The highest BCUT2D eigenvalue weighted by Gasteiger charge is 2.49. The molecule has 1 aromatic carbocycles. The van der Waals surface area contributed by atoms with Crippen LogP contribution in [0.15, 0.2) is 29.2 Å². The predicted octanol–water partition coefficient (Wildman–Crippen LogP) is 3.25. The van der Waals surface area contributed by atoms with E-state index in [-0.39, 0.29) is 19.1 Å². The van der Waals surface area contributed by atoms with Gasteiger partial charge >= 0.3 is 12.3 Å². The van der Waals surface area contributed by atoms with Gasteiger partial charge in [-0.15, -0.1) is 10.8 Å². The smallest absolute Gasteiger partial charge is 0.427 e. The van der Waals surface area contributed by atoms with Crippen LogP contribution >= 0.6 is 10.8 Å². The molecule has 0 aromatic heterocycles. The number of fused-ring (bicyclic) bond motifs is 1. The van der Waals surface area contributed by atoms with Crippen LogP contribution < -0.4 is 0 Å². The molecule has 3 aliphatic rings. The van der Waals surface area contributed by atoms with Crippen molar-refractivity contribution in [2.24, 2.45) is 0 Å². The Morgan fingerprint density at radius 2 is 1.94 bits per heavy atom. The van der Waals surface area contributed by atoms with E-state index in [0.717, 1.165) is 5.56 Å². The van der Waals surface area contributed by atoms with Crippen LogP contribution in [0.1, 0.15) is 24.8 Å². The summed E-state index contributed by atoms with van der Waals surface area (Å²) in [5.41, 5.74) is 0.346. The number of alkyl halides is 3. The zero-order valence-corrected chi connectivity index (χ0v) is 18.1. The van der Waals surface area contributed by atoms with Gasteiger partial charge in [-0.05, 0) is 37.3 Å². The van der Waals surface area contributed by atoms with Gasteiger partial charge in [-0.25, -0.2) is 4.79 Å². The van der Waals surface area contributed by atoms with Crippen LogP contribution in [0, 0.1) is 0 Å². The molecule has 0 bridgehead atoms. The van der Waals surface area contributed by atoms with Gasteiger partial charge in [0.25, 0.3) is 0 Å². The van der Waals surface area contributed by atoms with Gasteiger partial charge in [-0.1, -0.05) is 18.2 Å². The molecule has 180 valence electrons. The Hall–Kier alpha value is -1.57. The van der Waals surface area contributed by atoms with Crippen LogP contribution in [0.2, 0.25) is 0 Å². The molecule has 3 N–H and O–H groups in total. The molecule has 4 rings (SSSR count). The number of benzene rings is 1. The number of aliphatic hydroxyl groups excluding tert-OH is 1. The number of rotatable bonds is 3. The van der Waals surface area contributed by atoms with Gasteiger partial charge in [0.1, 0.15) is 0 Å². The second-order valence-electron chi connectivity index (χ2n) is 8.45. The van der Waals surface area contributed by atoms with E-state index in [0.29, 0.717) is 43.7 Å². The lowest BCUT2D eigenvalue weighted by molar-refractivity contribution is -0.215.